The molecule has 25 heavy (non-hydrogen) atoms. The fraction of sp³-hybridized carbons (Fsp3) is 0.556. The predicted octanol–water partition coefficient (Wildman–Crippen LogP) is 2.68. The van der Waals surface area contributed by atoms with Gasteiger partial charge in [-0.2, -0.15) is 0 Å². The van der Waals surface area contributed by atoms with Gasteiger partial charge in [0, 0.05) is 30.5 Å². The van der Waals surface area contributed by atoms with Gasteiger partial charge < -0.3 is 15.1 Å². The normalized spacial score (nSPS) is 23.5. The summed E-state index contributed by atoms with van der Waals surface area (Å²) in [5, 5.41) is 3.20. The molecule has 3 rings (SSSR count). The largest absolute Gasteiger partial charge is 0.342 e. The van der Waals surface area contributed by atoms with Gasteiger partial charge in [0.2, 0.25) is 11.8 Å². The van der Waals surface area contributed by atoms with Gasteiger partial charge in [0.15, 0.2) is 0 Å². The van der Waals surface area contributed by atoms with Gasteiger partial charge in [-0.1, -0.05) is 12.1 Å². The second-order valence-electron chi connectivity index (χ2n) is 6.71. The van der Waals surface area contributed by atoms with Crippen LogP contribution >= 0.6 is 28.3 Å². The number of halogens is 2. The third-order valence-corrected chi connectivity index (χ3v) is 5.61. The lowest BCUT2D eigenvalue weighted by Gasteiger charge is -2.34. The van der Waals surface area contributed by atoms with Crippen LogP contribution in [0.3, 0.4) is 0 Å². The topological polar surface area (TPSA) is 52.7 Å². The smallest absolute Gasteiger partial charge is 0.228 e. The van der Waals surface area contributed by atoms with Gasteiger partial charge in [0.05, 0.1) is 11.6 Å². The van der Waals surface area contributed by atoms with Crippen LogP contribution < -0.4 is 10.2 Å². The fourth-order valence-corrected chi connectivity index (χ4v) is 4.25. The Hall–Kier alpha value is -1.11. The molecule has 0 aliphatic carbocycles. The van der Waals surface area contributed by atoms with Crippen molar-refractivity contribution < 1.29 is 9.59 Å². The summed E-state index contributed by atoms with van der Waals surface area (Å²) in [5.41, 5.74) is 0.851. The van der Waals surface area contributed by atoms with Gasteiger partial charge >= 0.3 is 0 Å². The highest BCUT2D eigenvalue weighted by molar-refractivity contribution is 9.10. The number of amides is 2. The van der Waals surface area contributed by atoms with E-state index in [2.05, 4.69) is 21.2 Å². The van der Waals surface area contributed by atoms with Gasteiger partial charge in [-0.05, 0) is 60.4 Å². The molecule has 1 N–H and O–H groups in total. The Bertz CT molecular complexity index is 626. The van der Waals surface area contributed by atoms with E-state index < -0.39 is 0 Å². The molecule has 2 heterocycles. The third-order valence-electron chi connectivity index (χ3n) is 4.94. The number of nitrogens with zero attached hydrogens (tertiary/aromatic N) is 2. The van der Waals surface area contributed by atoms with Crippen molar-refractivity contribution in [3.05, 3.63) is 28.7 Å². The van der Waals surface area contributed by atoms with Crippen molar-refractivity contribution in [3.8, 4) is 0 Å². The SMILES string of the molecule is CNCC1CCCN(C(=O)C2CC(=O)N(c3ccccc3Br)C2)C1.Cl. The molecule has 0 bridgehead atoms. The van der Waals surface area contributed by atoms with E-state index in [-0.39, 0.29) is 30.1 Å². The van der Waals surface area contributed by atoms with Crippen molar-refractivity contribution >= 4 is 45.8 Å². The molecule has 0 radical (unpaired) electrons. The van der Waals surface area contributed by atoms with Crippen LogP contribution in [0.15, 0.2) is 28.7 Å². The van der Waals surface area contributed by atoms with E-state index in [1.54, 1.807) is 4.90 Å². The number of anilines is 1. The summed E-state index contributed by atoms with van der Waals surface area (Å²) in [6.07, 6.45) is 2.53. The molecule has 0 saturated carbocycles. The maximum Gasteiger partial charge on any atom is 0.228 e. The molecular weight excluding hydrogens is 406 g/mol. The third kappa shape index (κ3) is 4.54. The monoisotopic (exact) mass is 429 g/mol. The lowest BCUT2D eigenvalue weighted by Crippen LogP contribution is -2.45. The number of carbonyl (C=O) groups is 2. The number of para-hydroxylation sites is 1. The van der Waals surface area contributed by atoms with Crippen molar-refractivity contribution in [2.45, 2.75) is 19.3 Å². The Morgan fingerprint density at radius 1 is 1.32 bits per heavy atom. The van der Waals surface area contributed by atoms with Gasteiger partial charge in [0.25, 0.3) is 0 Å². The molecule has 2 unspecified atom stereocenters. The Balaban J connectivity index is 0.00000225. The first-order valence-corrected chi connectivity index (χ1v) is 9.37. The number of likely N-dealkylation sites (tertiary alicyclic amines) is 1. The molecule has 2 aliphatic rings. The number of hydrogen-bond donors (Lipinski definition) is 1. The highest BCUT2D eigenvalue weighted by atomic mass is 79.9. The molecule has 0 aromatic heterocycles. The first kappa shape index (κ1) is 20.2. The van der Waals surface area contributed by atoms with Crippen LogP contribution in [0.5, 0.6) is 0 Å². The molecule has 1 aromatic rings. The van der Waals surface area contributed by atoms with E-state index in [0.29, 0.717) is 18.9 Å². The van der Waals surface area contributed by atoms with Crippen LogP contribution in [-0.2, 0) is 9.59 Å². The summed E-state index contributed by atoms with van der Waals surface area (Å²) in [6, 6.07) is 7.67. The van der Waals surface area contributed by atoms with E-state index in [4.69, 9.17) is 0 Å². The van der Waals surface area contributed by atoms with Gasteiger partial charge in [0.1, 0.15) is 0 Å². The first-order chi connectivity index (χ1) is 11.6. The van der Waals surface area contributed by atoms with Gasteiger partial charge in [-0.3, -0.25) is 9.59 Å². The lowest BCUT2D eigenvalue weighted by molar-refractivity contribution is -0.137. The molecule has 0 spiro atoms. The predicted molar refractivity (Wildman–Crippen MR) is 105 cm³/mol. The zero-order valence-electron chi connectivity index (χ0n) is 14.4. The number of hydrogen-bond acceptors (Lipinski definition) is 3. The summed E-state index contributed by atoms with van der Waals surface area (Å²) in [6.45, 7) is 3.04. The molecule has 2 atom stereocenters. The highest BCUT2D eigenvalue weighted by Crippen LogP contribution is 2.32. The minimum Gasteiger partial charge on any atom is -0.342 e. The minimum atomic E-state index is -0.224. The van der Waals surface area contributed by atoms with E-state index in [1.165, 1.54) is 0 Å². The van der Waals surface area contributed by atoms with Crippen molar-refractivity contribution in [2.75, 3.05) is 38.1 Å². The second kappa shape index (κ2) is 9.01. The number of piperidine rings is 1. The van der Waals surface area contributed by atoms with Crippen molar-refractivity contribution in [1.82, 2.24) is 10.2 Å². The lowest BCUT2D eigenvalue weighted by atomic mass is 9.96. The van der Waals surface area contributed by atoms with Crippen LogP contribution in [0.2, 0.25) is 0 Å². The standard InChI is InChI=1S/C18H24BrN3O2.ClH/c1-20-10-13-5-4-8-21(11-13)18(24)14-9-17(23)22(12-14)16-7-3-2-6-15(16)19;/h2-3,6-7,13-14,20H,4-5,8-12H2,1H3;1H. The van der Waals surface area contributed by atoms with E-state index in [1.807, 2.05) is 36.2 Å². The summed E-state index contributed by atoms with van der Waals surface area (Å²) in [4.78, 5) is 29.0. The Morgan fingerprint density at radius 3 is 2.80 bits per heavy atom. The summed E-state index contributed by atoms with van der Waals surface area (Å²) in [5.74, 6) is 0.463. The summed E-state index contributed by atoms with van der Waals surface area (Å²) >= 11 is 3.50. The fourth-order valence-electron chi connectivity index (χ4n) is 3.76. The number of benzene rings is 1. The highest BCUT2D eigenvalue weighted by Gasteiger charge is 2.38. The molecule has 2 fully saturated rings. The molecule has 138 valence electrons. The molecule has 2 aliphatic heterocycles. The second-order valence-corrected chi connectivity index (χ2v) is 7.56. The van der Waals surface area contributed by atoms with Crippen LogP contribution in [0.1, 0.15) is 19.3 Å². The maximum absolute atomic E-state index is 12.9. The summed E-state index contributed by atoms with van der Waals surface area (Å²) in [7, 11) is 1.95. The molecule has 5 nitrogen and oxygen atoms in total. The molecular formula is C18H25BrClN3O2. The average Bonchev–Trinajstić information content (AvgIpc) is 2.97. The van der Waals surface area contributed by atoms with Crippen LogP contribution in [0.4, 0.5) is 5.69 Å². The van der Waals surface area contributed by atoms with Gasteiger partial charge in [-0.15, -0.1) is 12.4 Å². The Kier molecular flexibility index (Phi) is 7.28. The number of carbonyl (C=O) groups excluding carboxylic acids is 2. The Morgan fingerprint density at radius 2 is 2.08 bits per heavy atom. The average molecular weight is 431 g/mol. The molecule has 7 heteroatoms. The van der Waals surface area contributed by atoms with E-state index in [9.17, 15) is 9.59 Å². The van der Waals surface area contributed by atoms with Crippen molar-refractivity contribution in [1.29, 1.82) is 0 Å². The number of rotatable bonds is 4. The zero-order chi connectivity index (χ0) is 17.1. The summed E-state index contributed by atoms with van der Waals surface area (Å²) < 4.78 is 0.888. The Labute approximate surface area is 163 Å². The van der Waals surface area contributed by atoms with Crippen molar-refractivity contribution in [3.63, 3.8) is 0 Å². The molecule has 2 saturated heterocycles. The van der Waals surface area contributed by atoms with E-state index in [0.717, 1.165) is 42.6 Å². The van der Waals surface area contributed by atoms with Crippen LogP contribution in [0.25, 0.3) is 0 Å². The van der Waals surface area contributed by atoms with Gasteiger partial charge in [-0.25, -0.2) is 0 Å². The zero-order valence-corrected chi connectivity index (χ0v) is 16.8. The van der Waals surface area contributed by atoms with Crippen LogP contribution in [-0.4, -0.2) is 49.9 Å². The first-order valence-electron chi connectivity index (χ1n) is 8.58. The van der Waals surface area contributed by atoms with E-state index >= 15 is 0 Å². The van der Waals surface area contributed by atoms with Crippen molar-refractivity contribution in [2.24, 2.45) is 11.8 Å². The molecule has 2 amide bonds. The molecule has 1 aromatic carbocycles. The quantitative estimate of drug-likeness (QED) is 0.799. The number of nitrogens with one attached hydrogen (secondary N) is 1. The maximum atomic E-state index is 12.9. The minimum absolute atomic E-state index is 0. The van der Waals surface area contributed by atoms with Crippen LogP contribution in [0, 0.1) is 11.8 Å².